The number of halogens is 1. The molecule has 1 amide bonds. The predicted molar refractivity (Wildman–Crippen MR) is 116 cm³/mol. The summed E-state index contributed by atoms with van der Waals surface area (Å²) in [6.45, 7) is 7.37. The first kappa shape index (κ1) is 21.3. The molecule has 8 heteroatoms. The quantitative estimate of drug-likeness (QED) is 0.748. The predicted octanol–water partition coefficient (Wildman–Crippen LogP) is 2.31. The number of piperazine rings is 1. The molecule has 2 heterocycles. The molecule has 1 fully saturated rings. The molecule has 0 saturated carbocycles. The van der Waals surface area contributed by atoms with Crippen molar-refractivity contribution in [3.05, 3.63) is 51.9 Å². The van der Waals surface area contributed by atoms with Gasteiger partial charge in [0.2, 0.25) is 5.91 Å². The molecule has 1 saturated heterocycles. The van der Waals surface area contributed by atoms with Crippen LogP contribution in [0.15, 0.2) is 41.3 Å². The van der Waals surface area contributed by atoms with Gasteiger partial charge in [0.15, 0.2) is 0 Å². The summed E-state index contributed by atoms with van der Waals surface area (Å²) in [5, 5.41) is 7.51. The number of benzene rings is 1. The average molecular weight is 418 g/mol. The first-order valence-corrected chi connectivity index (χ1v) is 10.5. The van der Waals surface area contributed by atoms with E-state index in [0.717, 1.165) is 25.9 Å². The van der Waals surface area contributed by atoms with Gasteiger partial charge in [-0.15, -0.1) is 0 Å². The number of hydrogen-bond acceptors (Lipinski definition) is 5. The Hall–Kier alpha value is -2.38. The lowest BCUT2D eigenvalue weighted by Crippen LogP contribution is -2.50. The van der Waals surface area contributed by atoms with Gasteiger partial charge in [-0.3, -0.25) is 14.5 Å². The molecule has 2 aromatic rings. The SMILES string of the molecule is CCC[C@H](C)NC(=O)CN1CCN(c2cnn(-c3ccccc3)c(=O)c2Cl)CC1. The Morgan fingerprint density at radius 1 is 1.21 bits per heavy atom. The Morgan fingerprint density at radius 2 is 1.90 bits per heavy atom. The van der Waals surface area contributed by atoms with Crippen LogP contribution in [0, 0.1) is 0 Å². The van der Waals surface area contributed by atoms with Gasteiger partial charge in [0.1, 0.15) is 5.02 Å². The van der Waals surface area contributed by atoms with Crippen molar-refractivity contribution in [3.8, 4) is 5.69 Å². The molecular weight excluding hydrogens is 390 g/mol. The summed E-state index contributed by atoms with van der Waals surface area (Å²) in [4.78, 5) is 29.0. The van der Waals surface area contributed by atoms with Crippen molar-refractivity contribution in [1.29, 1.82) is 0 Å². The van der Waals surface area contributed by atoms with Crippen LogP contribution in [0.25, 0.3) is 5.69 Å². The van der Waals surface area contributed by atoms with Crippen molar-refractivity contribution in [3.63, 3.8) is 0 Å². The van der Waals surface area contributed by atoms with E-state index in [1.165, 1.54) is 4.68 Å². The van der Waals surface area contributed by atoms with E-state index in [-0.39, 0.29) is 22.5 Å². The lowest BCUT2D eigenvalue weighted by molar-refractivity contribution is -0.122. The second-order valence-corrected chi connectivity index (χ2v) is 7.79. The van der Waals surface area contributed by atoms with Crippen LogP contribution in [0.2, 0.25) is 5.02 Å². The van der Waals surface area contributed by atoms with E-state index in [1.54, 1.807) is 6.20 Å². The second-order valence-electron chi connectivity index (χ2n) is 7.42. The fourth-order valence-electron chi connectivity index (χ4n) is 3.57. The Bertz CT molecular complexity index is 878. The molecule has 156 valence electrons. The number of aromatic nitrogens is 2. The number of anilines is 1. The van der Waals surface area contributed by atoms with Gasteiger partial charge in [0.05, 0.1) is 24.1 Å². The molecule has 1 N–H and O–H groups in total. The van der Waals surface area contributed by atoms with Gasteiger partial charge in [-0.2, -0.15) is 9.78 Å². The molecule has 29 heavy (non-hydrogen) atoms. The summed E-state index contributed by atoms with van der Waals surface area (Å²) in [6.07, 6.45) is 3.68. The van der Waals surface area contributed by atoms with Gasteiger partial charge >= 0.3 is 0 Å². The second kappa shape index (κ2) is 9.89. The minimum Gasteiger partial charge on any atom is -0.366 e. The molecule has 7 nitrogen and oxygen atoms in total. The average Bonchev–Trinajstić information content (AvgIpc) is 2.71. The zero-order valence-corrected chi connectivity index (χ0v) is 17.7. The zero-order chi connectivity index (χ0) is 20.8. The molecule has 0 bridgehead atoms. The van der Waals surface area contributed by atoms with Crippen molar-refractivity contribution in [2.75, 3.05) is 37.6 Å². The summed E-state index contributed by atoms with van der Waals surface area (Å²) >= 11 is 6.40. The summed E-state index contributed by atoms with van der Waals surface area (Å²) in [5.74, 6) is 0.0598. The van der Waals surface area contributed by atoms with E-state index in [1.807, 2.05) is 37.3 Å². The first-order chi connectivity index (χ1) is 14.0. The smallest absolute Gasteiger partial charge is 0.292 e. The van der Waals surface area contributed by atoms with Crippen LogP contribution in [-0.4, -0.2) is 59.4 Å². The molecule has 1 aromatic heterocycles. The number of hydrogen-bond donors (Lipinski definition) is 1. The van der Waals surface area contributed by atoms with Crippen LogP contribution in [0.5, 0.6) is 0 Å². The topological polar surface area (TPSA) is 70.5 Å². The van der Waals surface area contributed by atoms with E-state index >= 15 is 0 Å². The van der Waals surface area contributed by atoms with E-state index in [0.29, 0.717) is 31.0 Å². The lowest BCUT2D eigenvalue weighted by Gasteiger charge is -2.36. The standard InChI is InChI=1S/C21H28ClN5O2/c1-3-7-16(2)24-19(28)15-25-10-12-26(13-11-25)18-14-23-27(21(29)20(18)22)17-8-5-4-6-9-17/h4-6,8-9,14,16H,3,7,10-13,15H2,1-2H3,(H,24,28)/t16-/m0/s1. The van der Waals surface area contributed by atoms with Crippen molar-refractivity contribution in [1.82, 2.24) is 20.0 Å². The fraction of sp³-hybridized carbons (Fsp3) is 0.476. The monoisotopic (exact) mass is 417 g/mol. The van der Waals surface area contributed by atoms with Crippen LogP contribution in [0.3, 0.4) is 0 Å². The van der Waals surface area contributed by atoms with Gasteiger partial charge < -0.3 is 10.2 Å². The Labute approximate surface area is 176 Å². The molecular formula is C21H28ClN5O2. The van der Waals surface area contributed by atoms with Crippen molar-refractivity contribution >= 4 is 23.2 Å². The number of amides is 1. The zero-order valence-electron chi connectivity index (χ0n) is 17.0. The van der Waals surface area contributed by atoms with Crippen LogP contribution >= 0.6 is 11.6 Å². The highest BCUT2D eigenvalue weighted by molar-refractivity contribution is 6.33. The summed E-state index contributed by atoms with van der Waals surface area (Å²) in [5.41, 5.74) is 0.991. The van der Waals surface area contributed by atoms with Crippen molar-refractivity contribution in [2.45, 2.75) is 32.7 Å². The van der Waals surface area contributed by atoms with E-state index in [2.05, 4.69) is 27.1 Å². The van der Waals surface area contributed by atoms with Crippen LogP contribution in [-0.2, 0) is 4.79 Å². The molecule has 1 aliphatic heterocycles. The van der Waals surface area contributed by atoms with E-state index in [4.69, 9.17) is 11.6 Å². The van der Waals surface area contributed by atoms with Gasteiger partial charge in [0.25, 0.3) is 5.56 Å². The number of nitrogens with zero attached hydrogens (tertiary/aromatic N) is 4. The van der Waals surface area contributed by atoms with Gasteiger partial charge in [-0.25, -0.2) is 0 Å². The molecule has 0 aliphatic carbocycles. The third kappa shape index (κ3) is 5.36. The maximum atomic E-state index is 12.7. The number of para-hydroxylation sites is 1. The highest BCUT2D eigenvalue weighted by Gasteiger charge is 2.23. The first-order valence-electron chi connectivity index (χ1n) is 10.1. The third-order valence-corrected chi connectivity index (χ3v) is 5.47. The highest BCUT2D eigenvalue weighted by atomic mass is 35.5. The van der Waals surface area contributed by atoms with Gasteiger partial charge in [0, 0.05) is 32.2 Å². The number of carbonyl (C=O) groups excluding carboxylic acids is 1. The Balaban J connectivity index is 1.60. The molecule has 3 rings (SSSR count). The molecule has 1 aliphatic rings. The molecule has 1 atom stereocenters. The van der Waals surface area contributed by atoms with E-state index < -0.39 is 0 Å². The fourth-order valence-corrected chi connectivity index (χ4v) is 3.82. The van der Waals surface area contributed by atoms with Gasteiger partial charge in [-0.05, 0) is 25.5 Å². The molecule has 1 aromatic carbocycles. The summed E-state index contributed by atoms with van der Waals surface area (Å²) < 4.78 is 1.31. The normalized spacial score (nSPS) is 15.9. The maximum absolute atomic E-state index is 12.7. The summed E-state index contributed by atoms with van der Waals surface area (Å²) in [7, 11) is 0. The number of carbonyl (C=O) groups is 1. The largest absolute Gasteiger partial charge is 0.366 e. The minimum absolute atomic E-state index is 0.0598. The van der Waals surface area contributed by atoms with Crippen LogP contribution in [0.4, 0.5) is 5.69 Å². The summed E-state index contributed by atoms with van der Waals surface area (Å²) in [6, 6.07) is 9.42. The van der Waals surface area contributed by atoms with Crippen molar-refractivity contribution < 1.29 is 4.79 Å². The van der Waals surface area contributed by atoms with Crippen molar-refractivity contribution in [2.24, 2.45) is 0 Å². The van der Waals surface area contributed by atoms with Crippen LogP contribution < -0.4 is 15.8 Å². The molecule has 0 unspecified atom stereocenters. The maximum Gasteiger partial charge on any atom is 0.292 e. The Kier molecular flexibility index (Phi) is 7.28. The molecule has 0 spiro atoms. The van der Waals surface area contributed by atoms with Gasteiger partial charge in [-0.1, -0.05) is 43.1 Å². The number of rotatable bonds is 7. The molecule has 0 radical (unpaired) electrons. The highest BCUT2D eigenvalue weighted by Crippen LogP contribution is 2.23. The van der Waals surface area contributed by atoms with E-state index in [9.17, 15) is 9.59 Å². The third-order valence-electron chi connectivity index (χ3n) is 5.11. The van der Waals surface area contributed by atoms with Crippen LogP contribution in [0.1, 0.15) is 26.7 Å². The lowest BCUT2D eigenvalue weighted by atomic mass is 10.2. The minimum atomic E-state index is -0.331. The number of nitrogens with one attached hydrogen (secondary N) is 1. The Morgan fingerprint density at radius 3 is 2.55 bits per heavy atom.